The lowest BCUT2D eigenvalue weighted by Gasteiger charge is -2.22. The van der Waals surface area contributed by atoms with Gasteiger partial charge in [0.05, 0.1) is 6.61 Å². The Labute approximate surface area is 145 Å². The number of rotatable bonds is 7. The predicted molar refractivity (Wildman–Crippen MR) is 91.6 cm³/mol. The van der Waals surface area contributed by atoms with Crippen LogP contribution in [-0.4, -0.2) is 39.0 Å². The molecule has 0 aliphatic carbocycles. The van der Waals surface area contributed by atoms with E-state index in [9.17, 15) is 19.1 Å². The Morgan fingerprint density at radius 2 is 1.96 bits per heavy atom. The number of carbonyl (C=O) groups excluding carboxylic acids is 1. The quantitative estimate of drug-likeness (QED) is 0.794. The zero-order valence-corrected chi connectivity index (χ0v) is 14.4. The highest BCUT2D eigenvalue weighted by atomic mass is 19.1. The maximum atomic E-state index is 13.0. The molecule has 0 spiro atoms. The van der Waals surface area contributed by atoms with Crippen molar-refractivity contribution in [2.75, 3.05) is 13.2 Å². The van der Waals surface area contributed by atoms with E-state index in [2.05, 4.69) is 9.97 Å². The molecule has 0 fully saturated rings. The minimum Gasteiger partial charge on any atom is -0.395 e. The molecular weight excluding hydrogens is 325 g/mol. The van der Waals surface area contributed by atoms with Crippen molar-refractivity contribution in [2.45, 2.75) is 33.2 Å². The molecule has 7 heteroatoms. The monoisotopic (exact) mass is 347 g/mol. The number of amides is 1. The lowest BCUT2D eigenvalue weighted by molar-refractivity contribution is -0.132. The van der Waals surface area contributed by atoms with Gasteiger partial charge in [-0.3, -0.25) is 4.79 Å². The van der Waals surface area contributed by atoms with Gasteiger partial charge in [-0.1, -0.05) is 12.1 Å². The zero-order chi connectivity index (χ0) is 18.4. The molecule has 2 N–H and O–H groups in total. The third-order valence-electron chi connectivity index (χ3n) is 4.05. The highest BCUT2D eigenvalue weighted by molar-refractivity contribution is 5.76. The van der Waals surface area contributed by atoms with Gasteiger partial charge in [0.1, 0.15) is 5.82 Å². The second kappa shape index (κ2) is 8.53. The van der Waals surface area contributed by atoms with E-state index in [1.165, 1.54) is 17.0 Å². The summed E-state index contributed by atoms with van der Waals surface area (Å²) in [5, 5.41) is 9.21. The van der Waals surface area contributed by atoms with Gasteiger partial charge in [0.15, 0.2) is 0 Å². The van der Waals surface area contributed by atoms with Gasteiger partial charge < -0.3 is 15.0 Å². The standard InChI is InChI=1S/C18H22FN3O3/c1-12-16(13(2)21-18(25)20-12)7-8-17(24)22(9-10-23)11-14-3-5-15(19)6-4-14/h3-6,23H,7-11H2,1-2H3,(H,20,21,25). The summed E-state index contributed by atoms with van der Waals surface area (Å²) in [5.74, 6) is -0.455. The van der Waals surface area contributed by atoms with E-state index >= 15 is 0 Å². The first kappa shape index (κ1) is 18.8. The first-order valence-electron chi connectivity index (χ1n) is 8.10. The van der Waals surface area contributed by atoms with Gasteiger partial charge in [0, 0.05) is 30.9 Å². The van der Waals surface area contributed by atoms with Crippen molar-refractivity contribution in [3.05, 3.63) is 63.1 Å². The first-order valence-corrected chi connectivity index (χ1v) is 8.10. The second-order valence-electron chi connectivity index (χ2n) is 5.90. The van der Waals surface area contributed by atoms with E-state index in [-0.39, 0.29) is 31.3 Å². The number of aromatic amines is 1. The van der Waals surface area contributed by atoms with Crippen LogP contribution in [0, 0.1) is 19.7 Å². The van der Waals surface area contributed by atoms with Crippen molar-refractivity contribution in [1.29, 1.82) is 0 Å². The highest BCUT2D eigenvalue weighted by Gasteiger charge is 2.15. The Hall–Kier alpha value is -2.54. The molecule has 2 rings (SSSR count). The molecule has 0 unspecified atom stereocenters. The number of nitrogens with one attached hydrogen (secondary N) is 1. The van der Waals surface area contributed by atoms with Crippen LogP contribution >= 0.6 is 0 Å². The summed E-state index contributed by atoms with van der Waals surface area (Å²) in [7, 11) is 0. The van der Waals surface area contributed by atoms with Gasteiger partial charge in [-0.2, -0.15) is 4.98 Å². The summed E-state index contributed by atoms with van der Waals surface area (Å²) in [6, 6.07) is 5.92. The van der Waals surface area contributed by atoms with Crippen LogP contribution in [0.3, 0.4) is 0 Å². The van der Waals surface area contributed by atoms with Gasteiger partial charge in [-0.15, -0.1) is 0 Å². The first-order chi connectivity index (χ1) is 11.9. The van der Waals surface area contributed by atoms with Crippen LogP contribution in [-0.2, 0) is 17.8 Å². The number of aliphatic hydroxyl groups excluding tert-OH is 1. The SMILES string of the molecule is Cc1nc(=O)[nH]c(C)c1CCC(=O)N(CCO)Cc1ccc(F)cc1. The third-order valence-corrected chi connectivity index (χ3v) is 4.05. The number of benzene rings is 1. The summed E-state index contributed by atoms with van der Waals surface area (Å²) in [6.45, 7) is 3.89. The van der Waals surface area contributed by atoms with Crippen molar-refractivity contribution >= 4 is 5.91 Å². The summed E-state index contributed by atoms with van der Waals surface area (Å²) in [6.07, 6.45) is 0.683. The number of hydrogen-bond donors (Lipinski definition) is 2. The molecule has 0 aliphatic heterocycles. The highest BCUT2D eigenvalue weighted by Crippen LogP contribution is 2.13. The van der Waals surface area contributed by atoms with E-state index in [1.54, 1.807) is 26.0 Å². The van der Waals surface area contributed by atoms with Crippen LogP contribution in [0.4, 0.5) is 4.39 Å². The fourth-order valence-corrected chi connectivity index (χ4v) is 2.74. The molecule has 0 saturated carbocycles. The van der Waals surface area contributed by atoms with Crippen molar-refractivity contribution in [3.8, 4) is 0 Å². The van der Waals surface area contributed by atoms with Gasteiger partial charge in [-0.25, -0.2) is 9.18 Å². The van der Waals surface area contributed by atoms with E-state index in [0.717, 1.165) is 11.1 Å². The smallest absolute Gasteiger partial charge is 0.345 e. The minimum atomic E-state index is -0.400. The number of H-pyrrole nitrogens is 1. The maximum Gasteiger partial charge on any atom is 0.345 e. The van der Waals surface area contributed by atoms with Crippen LogP contribution in [0.1, 0.15) is 28.9 Å². The normalized spacial score (nSPS) is 10.7. The topological polar surface area (TPSA) is 86.3 Å². The molecular formula is C18H22FN3O3. The van der Waals surface area contributed by atoms with E-state index in [0.29, 0.717) is 24.4 Å². The molecule has 0 radical (unpaired) electrons. The average Bonchev–Trinajstić information content (AvgIpc) is 2.55. The molecule has 1 amide bonds. The number of halogens is 1. The van der Waals surface area contributed by atoms with Crippen molar-refractivity contribution in [2.24, 2.45) is 0 Å². The summed E-state index contributed by atoms with van der Waals surface area (Å²) in [4.78, 5) is 31.9. The van der Waals surface area contributed by atoms with Crippen molar-refractivity contribution in [3.63, 3.8) is 0 Å². The largest absolute Gasteiger partial charge is 0.395 e. The van der Waals surface area contributed by atoms with Crippen LogP contribution in [0.2, 0.25) is 0 Å². The predicted octanol–water partition coefficient (Wildman–Crippen LogP) is 1.48. The maximum absolute atomic E-state index is 13.0. The lowest BCUT2D eigenvalue weighted by Crippen LogP contribution is -2.33. The Morgan fingerprint density at radius 1 is 1.28 bits per heavy atom. The number of aliphatic hydroxyl groups is 1. The van der Waals surface area contributed by atoms with Crippen molar-refractivity contribution < 1.29 is 14.3 Å². The summed E-state index contributed by atoms with van der Waals surface area (Å²) >= 11 is 0. The van der Waals surface area contributed by atoms with Crippen LogP contribution in [0.15, 0.2) is 29.1 Å². The number of hydrogen-bond acceptors (Lipinski definition) is 4. The zero-order valence-electron chi connectivity index (χ0n) is 14.4. The van der Waals surface area contributed by atoms with Crippen LogP contribution in [0.5, 0.6) is 0 Å². The van der Waals surface area contributed by atoms with Crippen LogP contribution < -0.4 is 5.69 Å². The minimum absolute atomic E-state index is 0.122. The molecule has 0 bridgehead atoms. The fraction of sp³-hybridized carbons (Fsp3) is 0.389. The van der Waals surface area contributed by atoms with E-state index in [1.807, 2.05) is 0 Å². The fourth-order valence-electron chi connectivity index (χ4n) is 2.74. The summed E-state index contributed by atoms with van der Waals surface area (Å²) in [5.41, 5.74) is 2.56. The average molecular weight is 347 g/mol. The van der Waals surface area contributed by atoms with E-state index in [4.69, 9.17) is 0 Å². The van der Waals surface area contributed by atoms with Gasteiger partial charge in [-0.05, 0) is 43.5 Å². The van der Waals surface area contributed by atoms with Gasteiger partial charge >= 0.3 is 5.69 Å². The molecule has 1 aromatic heterocycles. The molecule has 1 aromatic carbocycles. The van der Waals surface area contributed by atoms with Gasteiger partial charge in [0.25, 0.3) is 0 Å². The second-order valence-corrected chi connectivity index (χ2v) is 5.90. The molecule has 134 valence electrons. The Morgan fingerprint density at radius 3 is 2.56 bits per heavy atom. The van der Waals surface area contributed by atoms with Gasteiger partial charge in [0.2, 0.25) is 5.91 Å². The molecule has 25 heavy (non-hydrogen) atoms. The van der Waals surface area contributed by atoms with E-state index < -0.39 is 5.69 Å². The number of aryl methyl sites for hydroxylation is 2. The number of aromatic nitrogens is 2. The third kappa shape index (κ3) is 5.22. The molecule has 2 aromatic rings. The molecule has 0 saturated heterocycles. The Bertz CT molecular complexity index is 761. The summed E-state index contributed by atoms with van der Waals surface area (Å²) < 4.78 is 13.0. The Balaban J connectivity index is 2.05. The molecule has 0 aliphatic rings. The lowest BCUT2D eigenvalue weighted by atomic mass is 10.1. The molecule has 0 atom stereocenters. The molecule has 6 nitrogen and oxygen atoms in total. The Kier molecular flexibility index (Phi) is 6.41. The van der Waals surface area contributed by atoms with Crippen LogP contribution in [0.25, 0.3) is 0 Å². The molecule has 1 heterocycles. The number of nitrogens with zero attached hydrogens (tertiary/aromatic N) is 2. The number of carbonyl (C=O) groups is 1. The van der Waals surface area contributed by atoms with Crippen molar-refractivity contribution in [1.82, 2.24) is 14.9 Å².